The minimum Gasteiger partial charge on any atom is -0.494 e. The van der Waals surface area contributed by atoms with Crippen LogP contribution >= 0.6 is 26.4 Å². The highest BCUT2D eigenvalue weighted by molar-refractivity contribution is 8.06. The molecule has 0 aliphatic heterocycles. The van der Waals surface area contributed by atoms with Crippen LogP contribution in [0.5, 0.6) is 11.5 Å². The Morgan fingerprint density at radius 2 is 1.09 bits per heavy atom. The average Bonchev–Trinajstić information content (AvgIpc) is 3.10. The Kier molecular flexibility index (Phi) is 14.0. The summed E-state index contributed by atoms with van der Waals surface area (Å²) in [5, 5.41) is 2.58. The molecular formula is C41H53O2P3. The molecule has 244 valence electrons. The van der Waals surface area contributed by atoms with Gasteiger partial charge in [0.15, 0.2) is 0 Å². The van der Waals surface area contributed by atoms with E-state index in [1.165, 1.54) is 84.2 Å². The fraction of sp³-hybridized carbons (Fsp3) is 0.415. The normalized spacial score (nSPS) is 18.0. The van der Waals surface area contributed by atoms with Gasteiger partial charge in [0, 0.05) is 0 Å². The fourth-order valence-electron chi connectivity index (χ4n) is 7.03. The first-order valence-electron chi connectivity index (χ1n) is 17.4. The van der Waals surface area contributed by atoms with E-state index in [0.29, 0.717) is 0 Å². The van der Waals surface area contributed by atoms with Crippen LogP contribution in [0, 0.1) is 23.7 Å². The second-order valence-corrected chi connectivity index (χ2v) is 15.7. The van der Waals surface area contributed by atoms with Gasteiger partial charge < -0.3 is 9.47 Å². The van der Waals surface area contributed by atoms with Gasteiger partial charge in [0.2, 0.25) is 0 Å². The fourth-order valence-corrected chi connectivity index (χ4v) is 8.16. The zero-order valence-electron chi connectivity index (χ0n) is 27.8. The van der Waals surface area contributed by atoms with Crippen LogP contribution in [-0.4, -0.2) is 13.2 Å². The molecule has 0 heterocycles. The van der Waals surface area contributed by atoms with Crippen LogP contribution in [0.1, 0.15) is 71.6 Å². The SMILES string of the molecule is CCC(CCOc1ccc(-c2ccc(P)cc2)cc1)C(C)CCC1CCC(CCOc2ccc(-c3ccc(PP)cc3)cc2)CC1. The highest BCUT2D eigenvalue weighted by Crippen LogP contribution is 2.36. The Balaban J connectivity index is 0.947. The minimum absolute atomic E-state index is 0.730. The van der Waals surface area contributed by atoms with Crippen LogP contribution in [0.3, 0.4) is 0 Å². The van der Waals surface area contributed by atoms with Crippen molar-refractivity contribution in [3.8, 4) is 33.8 Å². The summed E-state index contributed by atoms with van der Waals surface area (Å²) >= 11 is 0. The smallest absolute Gasteiger partial charge is 0.119 e. The van der Waals surface area contributed by atoms with E-state index in [2.05, 4.69) is 129 Å². The average molecular weight is 671 g/mol. The first kappa shape index (κ1) is 35.1. The first-order valence-corrected chi connectivity index (χ1v) is 20.8. The molecule has 5 rings (SSSR count). The lowest BCUT2D eigenvalue weighted by Gasteiger charge is -2.30. The molecule has 0 radical (unpaired) electrons. The van der Waals surface area contributed by atoms with E-state index in [0.717, 1.165) is 63.1 Å². The van der Waals surface area contributed by atoms with E-state index < -0.39 is 0 Å². The highest BCUT2D eigenvalue weighted by atomic mass is 32.0. The summed E-state index contributed by atoms with van der Waals surface area (Å²) in [6.45, 7) is 6.45. The van der Waals surface area contributed by atoms with Gasteiger partial charge in [-0.25, -0.2) is 0 Å². The molecule has 5 unspecified atom stereocenters. The lowest BCUT2D eigenvalue weighted by molar-refractivity contribution is 0.191. The van der Waals surface area contributed by atoms with E-state index in [-0.39, 0.29) is 0 Å². The maximum Gasteiger partial charge on any atom is 0.119 e. The molecule has 0 amide bonds. The molecule has 0 saturated heterocycles. The van der Waals surface area contributed by atoms with Gasteiger partial charge in [0.05, 0.1) is 13.2 Å². The van der Waals surface area contributed by atoms with E-state index in [1.54, 1.807) is 0 Å². The van der Waals surface area contributed by atoms with Gasteiger partial charge in [-0.1, -0.05) is 140 Å². The molecule has 4 aromatic carbocycles. The molecule has 5 atom stereocenters. The minimum atomic E-state index is 0.730. The Morgan fingerprint density at radius 3 is 1.59 bits per heavy atom. The van der Waals surface area contributed by atoms with Gasteiger partial charge in [-0.2, -0.15) is 0 Å². The molecule has 1 saturated carbocycles. The van der Waals surface area contributed by atoms with Gasteiger partial charge in [0.25, 0.3) is 0 Å². The summed E-state index contributed by atoms with van der Waals surface area (Å²) in [5.41, 5.74) is 4.98. The summed E-state index contributed by atoms with van der Waals surface area (Å²) in [6, 6.07) is 34.6. The molecule has 0 bridgehead atoms. The predicted molar refractivity (Wildman–Crippen MR) is 209 cm³/mol. The largest absolute Gasteiger partial charge is 0.494 e. The standard InChI is InChI=1S/C41H53O2P3/c1-3-33(27-29-43-39-20-10-34(11-21-39)36-14-22-40(44)23-15-36)30(2)4-5-31-6-8-32(9-7-31)26-28-42-38-18-12-35(13-19-38)37-16-24-41(46-45)25-17-37/h10-25,30-33,46H,3-9,26-29,44-45H2,1-2H3. The Morgan fingerprint density at radius 1 is 0.630 bits per heavy atom. The predicted octanol–water partition coefficient (Wildman–Crippen LogP) is 11.1. The molecule has 0 aromatic heterocycles. The van der Waals surface area contributed by atoms with Gasteiger partial charge in [-0.15, -0.1) is 18.2 Å². The molecule has 1 fully saturated rings. The van der Waals surface area contributed by atoms with Crippen molar-refractivity contribution in [2.24, 2.45) is 23.7 Å². The molecule has 0 N–H and O–H groups in total. The summed E-state index contributed by atoms with van der Waals surface area (Å²) in [7, 11) is 6.32. The van der Waals surface area contributed by atoms with Crippen LogP contribution in [-0.2, 0) is 0 Å². The number of ether oxygens (including phenoxy) is 2. The number of hydrogen-bond acceptors (Lipinski definition) is 2. The first-order chi connectivity index (χ1) is 22.5. The van der Waals surface area contributed by atoms with Crippen molar-refractivity contribution >= 4 is 37.0 Å². The van der Waals surface area contributed by atoms with E-state index >= 15 is 0 Å². The van der Waals surface area contributed by atoms with Crippen LogP contribution in [0.2, 0.25) is 0 Å². The summed E-state index contributed by atoms with van der Waals surface area (Å²) in [5.74, 6) is 5.16. The molecular weight excluding hydrogens is 617 g/mol. The topological polar surface area (TPSA) is 18.5 Å². The van der Waals surface area contributed by atoms with E-state index in [9.17, 15) is 0 Å². The molecule has 2 nitrogen and oxygen atoms in total. The van der Waals surface area contributed by atoms with Crippen LogP contribution in [0.4, 0.5) is 0 Å². The molecule has 46 heavy (non-hydrogen) atoms. The van der Waals surface area contributed by atoms with Crippen LogP contribution in [0.25, 0.3) is 22.3 Å². The maximum atomic E-state index is 6.18. The molecule has 0 spiro atoms. The van der Waals surface area contributed by atoms with E-state index in [4.69, 9.17) is 9.47 Å². The van der Waals surface area contributed by atoms with E-state index in [1.807, 2.05) is 0 Å². The Hall–Kier alpha value is -2.23. The van der Waals surface area contributed by atoms with Crippen molar-refractivity contribution in [2.75, 3.05) is 13.2 Å². The molecule has 4 aromatic rings. The van der Waals surface area contributed by atoms with Gasteiger partial charge in [0.1, 0.15) is 11.5 Å². The summed E-state index contributed by atoms with van der Waals surface area (Å²) in [4.78, 5) is 0. The van der Waals surface area contributed by atoms with Gasteiger partial charge in [-0.05, 0) is 93.6 Å². The quantitative estimate of drug-likeness (QED) is 0.111. The number of hydrogen-bond donors (Lipinski definition) is 0. The van der Waals surface area contributed by atoms with Crippen LogP contribution < -0.4 is 20.1 Å². The third kappa shape index (κ3) is 10.6. The lowest BCUT2D eigenvalue weighted by atomic mass is 9.76. The lowest BCUT2D eigenvalue weighted by Crippen LogP contribution is -2.19. The third-order valence-corrected chi connectivity index (χ3v) is 12.3. The van der Waals surface area contributed by atoms with Crippen molar-refractivity contribution in [1.82, 2.24) is 0 Å². The van der Waals surface area contributed by atoms with Crippen molar-refractivity contribution in [3.63, 3.8) is 0 Å². The van der Waals surface area contributed by atoms with Crippen LogP contribution in [0.15, 0.2) is 97.1 Å². The van der Waals surface area contributed by atoms with Gasteiger partial charge >= 0.3 is 0 Å². The molecule has 5 heteroatoms. The Labute approximate surface area is 284 Å². The highest BCUT2D eigenvalue weighted by Gasteiger charge is 2.23. The van der Waals surface area contributed by atoms with Crippen molar-refractivity contribution in [3.05, 3.63) is 97.1 Å². The second kappa shape index (κ2) is 18.3. The number of benzene rings is 4. The van der Waals surface area contributed by atoms with Crippen molar-refractivity contribution in [1.29, 1.82) is 0 Å². The maximum absolute atomic E-state index is 6.18. The summed E-state index contributed by atoms with van der Waals surface area (Å²) in [6.07, 6.45) is 11.8. The van der Waals surface area contributed by atoms with Crippen molar-refractivity contribution in [2.45, 2.75) is 71.6 Å². The van der Waals surface area contributed by atoms with Gasteiger partial charge in [-0.3, -0.25) is 0 Å². The second-order valence-electron chi connectivity index (χ2n) is 13.3. The van der Waals surface area contributed by atoms with Crippen molar-refractivity contribution < 1.29 is 9.47 Å². The monoisotopic (exact) mass is 670 g/mol. The number of rotatable bonds is 16. The summed E-state index contributed by atoms with van der Waals surface area (Å²) < 4.78 is 12.3. The zero-order chi connectivity index (χ0) is 32.1. The third-order valence-electron chi connectivity index (χ3n) is 10.2. The molecule has 1 aliphatic carbocycles. The zero-order valence-corrected chi connectivity index (χ0v) is 31.1. The molecule has 1 aliphatic rings. The Bertz CT molecular complexity index is 1430.